The van der Waals surface area contributed by atoms with E-state index in [0.717, 1.165) is 12.3 Å². The largest absolute Gasteiger partial charge is 0.303 e. The molecule has 0 spiro atoms. The van der Waals surface area contributed by atoms with Gasteiger partial charge in [-0.2, -0.15) is 5.10 Å². The van der Waals surface area contributed by atoms with Crippen LogP contribution in [0, 0.1) is 5.92 Å². The lowest BCUT2D eigenvalue weighted by atomic mass is 9.98. The van der Waals surface area contributed by atoms with Crippen molar-refractivity contribution < 1.29 is 0 Å². The molecule has 0 rings (SSSR count). The molecule has 0 radical (unpaired) electrons. The molecule has 0 saturated carbocycles. The number of hydrogen-bond donors (Lipinski definition) is 0. The average molecular weight is 571 g/mol. The highest BCUT2D eigenvalue weighted by Crippen LogP contribution is 2.17. The zero-order chi connectivity index (χ0) is 30.1. The Bertz CT molecular complexity index is 627. The topological polar surface area (TPSA) is 15.6 Å². The zero-order valence-corrected chi connectivity index (χ0v) is 28.8. The first-order valence-electron chi connectivity index (χ1n) is 18.3. The van der Waals surface area contributed by atoms with Crippen LogP contribution in [0.1, 0.15) is 188 Å². The van der Waals surface area contributed by atoms with Gasteiger partial charge in [-0.3, -0.25) is 0 Å². The van der Waals surface area contributed by atoms with Crippen molar-refractivity contribution in [2.45, 2.75) is 188 Å². The van der Waals surface area contributed by atoms with Gasteiger partial charge in [-0.15, -0.1) is 0 Å². The Balaban J connectivity index is 3.69. The quantitative estimate of drug-likeness (QED) is 0.0350. The molecule has 0 aliphatic rings. The molecule has 0 heterocycles. The minimum absolute atomic E-state index is 0.849. The summed E-state index contributed by atoms with van der Waals surface area (Å²) in [5.41, 5.74) is 1.43. The number of nitrogens with zero attached hydrogens (tertiary/aromatic N) is 2. The first-order valence-corrected chi connectivity index (χ1v) is 18.3. The fraction of sp³-hybridized carbons (Fsp3) is 0.821. The van der Waals surface area contributed by atoms with Crippen LogP contribution in [0.2, 0.25) is 0 Å². The number of rotatable bonds is 31. The van der Waals surface area contributed by atoms with Crippen molar-refractivity contribution in [2.24, 2.45) is 11.0 Å². The molecule has 1 atom stereocenters. The average Bonchev–Trinajstić information content (AvgIpc) is 2.95. The van der Waals surface area contributed by atoms with Gasteiger partial charge in [0.05, 0.1) is 0 Å². The molecule has 0 aliphatic heterocycles. The molecule has 0 aromatic carbocycles. The second-order valence-electron chi connectivity index (χ2n) is 12.8. The first-order chi connectivity index (χ1) is 20.1. The van der Waals surface area contributed by atoms with Crippen molar-refractivity contribution in [1.29, 1.82) is 0 Å². The van der Waals surface area contributed by atoms with Crippen LogP contribution >= 0.6 is 0 Å². The van der Waals surface area contributed by atoms with Gasteiger partial charge in [0.1, 0.15) is 0 Å². The Morgan fingerprint density at radius 1 is 0.537 bits per heavy atom. The Labute approximate surface area is 259 Å². The van der Waals surface area contributed by atoms with Crippen LogP contribution in [0.3, 0.4) is 0 Å². The lowest BCUT2D eigenvalue weighted by molar-refractivity contribution is 0.432. The molecular formula is C39H74N2. The molecular weight excluding hydrogens is 496 g/mol. The van der Waals surface area contributed by atoms with Crippen LogP contribution in [0.25, 0.3) is 0 Å². The van der Waals surface area contributed by atoms with E-state index >= 15 is 0 Å². The maximum absolute atomic E-state index is 4.83. The molecule has 2 nitrogen and oxygen atoms in total. The summed E-state index contributed by atoms with van der Waals surface area (Å²) in [5, 5.41) is 6.83. The first kappa shape index (κ1) is 39.7. The van der Waals surface area contributed by atoms with Gasteiger partial charge >= 0.3 is 0 Å². The van der Waals surface area contributed by atoms with E-state index < -0.39 is 0 Å². The molecule has 41 heavy (non-hydrogen) atoms. The van der Waals surface area contributed by atoms with Crippen molar-refractivity contribution in [3.05, 3.63) is 36.5 Å². The number of hydrogen-bond acceptors (Lipinski definition) is 2. The summed E-state index contributed by atoms with van der Waals surface area (Å²) in [7, 11) is 4.14. The molecule has 2 heteroatoms. The fourth-order valence-electron chi connectivity index (χ4n) is 5.43. The lowest BCUT2D eigenvalue weighted by Crippen LogP contribution is -2.09. The van der Waals surface area contributed by atoms with E-state index in [-0.39, 0.29) is 0 Å². The highest BCUT2D eigenvalue weighted by molar-refractivity contribution is 5.84. The summed E-state index contributed by atoms with van der Waals surface area (Å²) in [5.74, 6) is 0.849. The number of unbranched alkanes of at least 4 members (excludes halogenated alkanes) is 17. The van der Waals surface area contributed by atoms with E-state index in [1.807, 2.05) is 5.01 Å². The van der Waals surface area contributed by atoms with E-state index in [2.05, 4.69) is 71.3 Å². The Morgan fingerprint density at radius 2 is 0.976 bits per heavy atom. The lowest BCUT2D eigenvalue weighted by Gasteiger charge is -2.11. The van der Waals surface area contributed by atoms with E-state index in [9.17, 15) is 0 Å². The second-order valence-corrected chi connectivity index (χ2v) is 12.8. The summed E-state index contributed by atoms with van der Waals surface area (Å²) in [6.07, 6.45) is 48.8. The van der Waals surface area contributed by atoms with Gasteiger partial charge < -0.3 is 5.01 Å². The van der Waals surface area contributed by atoms with Gasteiger partial charge in [0, 0.05) is 19.8 Å². The van der Waals surface area contributed by atoms with Crippen molar-refractivity contribution in [3.63, 3.8) is 0 Å². The summed E-state index contributed by atoms with van der Waals surface area (Å²) in [6, 6.07) is 0. The molecule has 1 unspecified atom stereocenters. The molecule has 0 saturated heterocycles. The highest BCUT2D eigenvalue weighted by Gasteiger charge is 2.03. The minimum atomic E-state index is 0.849. The van der Waals surface area contributed by atoms with Crippen LogP contribution in [0.4, 0.5) is 0 Å². The van der Waals surface area contributed by atoms with E-state index in [1.165, 1.54) is 166 Å². The maximum atomic E-state index is 4.83. The predicted octanol–water partition coefficient (Wildman–Crippen LogP) is 13.4. The fourth-order valence-corrected chi connectivity index (χ4v) is 5.43. The van der Waals surface area contributed by atoms with Gasteiger partial charge in [-0.1, -0.05) is 147 Å². The summed E-state index contributed by atoms with van der Waals surface area (Å²) in [6.45, 7) is 6.98. The predicted molar refractivity (Wildman–Crippen MR) is 189 cm³/mol. The highest BCUT2D eigenvalue weighted by atomic mass is 15.4. The molecule has 0 bridgehead atoms. The molecule has 0 fully saturated rings. The van der Waals surface area contributed by atoms with E-state index in [4.69, 9.17) is 5.10 Å². The Morgan fingerprint density at radius 3 is 1.49 bits per heavy atom. The number of hydrazone groups is 1. The van der Waals surface area contributed by atoms with E-state index in [0.29, 0.717) is 0 Å². The van der Waals surface area contributed by atoms with Gasteiger partial charge in [-0.25, -0.2) is 0 Å². The van der Waals surface area contributed by atoms with Crippen LogP contribution in [0.15, 0.2) is 41.6 Å². The molecule has 240 valence electrons. The van der Waals surface area contributed by atoms with Crippen LogP contribution in [0.5, 0.6) is 0 Å². The SMILES string of the molecule is CCCCC/C=C\C/C=C\CCCCCCCC/C(CCCCCCCCC(C)C/C=C\CCCCC)=N\N(C)C. The zero-order valence-electron chi connectivity index (χ0n) is 28.8. The third-order valence-electron chi connectivity index (χ3n) is 8.10. The van der Waals surface area contributed by atoms with Crippen LogP contribution < -0.4 is 0 Å². The monoisotopic (exact) mass is 571 g/mol. The molecule has 0 aliphatic carbocycles. The standard InChI is InChI=1S/C39H74N2/c1-6-8-10-12-14-15-16-17-18-19-20-21-22-23-28-32-36-39(40-41(4)5)37-33-29-25-24-27-31-35-38(3)34-30-26-13-11-9-7-2/h14-15,17-18,26,30,38H,6-13,16,19-25,27-29,31-37H2,1-5H3/b15-14-,18-17-,30-26-,40-39+. The number of allylic oxidation sites excluding steroid dienone is 6. The Hall–Kier alpha value is -1.31. The van der Waals surface area contributed by atoms with Crippen molar-refractivity contribution in [3.8, 4) is 0 Å². The van der Waals surface area contributed by atoms with Gasteiger partial charge in [0.2, 0.25) is 0 Å². The van der Waals surface area contributed by atoms with Crippen molar-refractivity contribution in [1.82, 2.24) is 5.01 Å². The van der Waals surface area contributed by atoms with Gasteiger partial charge in [0.25, 0.3) is 0 Å². The molecule has 0 amide bonds. The third-order valence-corrected chi connectivity index (χ3v) is 8.10. The molecule has 0 aromatic rings. The third kappa shape index (κ3) is 33.1. The van der Waals surface area contributed by atoms with Crippen molar-refractivity contribution >= 4 is 5.71 Å². The summed E-state index contributed by atoms with van der Waals surface area (Å²) < 4.78 is 0. The molecule has 0 aromatic heterocycles. The molecule has 0 N–H and O–H groups in total. The van der Waals surface area contributed by atoms with Crippen LogP contribution in [-0.2, 0) is 0 Å². The van der Waals surface area contributed by atoms with Gasteiger partial charge in [0.15, 0.2) is 0 Å². The summed E-state index contributed by atoms with van der Waals surface area (Å²) >= 11 is 0. The maximum Gasteiger partial charge on any atom is 0.0380 e. The van der Waals surface area contributed by atoms with Crippen molar-refractivity contribution in [2.75, 3.05) is 14.1 Å². The second kappa shape index (κ2) is 33.2. The minimum Gasteiger partial charge on any atom is -0.303 e. The normalized spacial score (nSPS) is 13.3. The van der Waals surface area contributed by atoms with Crippen LogP contribution in [-0.4, -0.2) is 24.8 Å². The Kier molecular flexibility index (Phi) is 32.1. The van der Waals surface area contributed by atoms with E-state index in [1.54, 1.807) is 0 Å². The summed E-state index contributed by atoms with van der Waals surface area (Å²) in [4.78, 5) is 0. The van der Waals surface area contributed by atoms with Gasteiger partial charge in [-0.05, 0) is 83.0 Å². The smallest absolute Gasteiger partial charge is 0.0380 e.